The number of aryl methyl sites for hydroxylation is 3. The molecule has 0 aliphatic heterocycles. The molecule has 0 bridgehead atoms. The second kappa shape index (κ2) is 7.66. The highest BCUT2D eigenvalue weighted by Gasteiger charge is 2.10. The summed E-state index contributed by atoms with van der Waals surface area (Å²) in [6.45, 7) is 7.42. The van der Waals surface area contributed by atoms with Gasteiger partial charge in [0.15, 0.2) is 0 Å². The highest BCUT2D eigenvalue weighted by Crippen LogP contribution is 2.33. The normalized spacial score (nSPS) is 11.2. The number of nitrogens with zero attached hydrogens (tertiary/aromatic N) is 1. The fourth-order valence-electron chi connectivity index (χ4n) is 3.46. The zero-order valence-electron chi connectivity index (χ0n) is 16.2. The van der Waals surface area contributed by atoms with Crippen molar-refractivity contribution in [3.8, 4) is 0 Å². The molecule has 0 saturated heterocycles. The van der Waals surface area contributed by atoms with E-state index in [0.717, 1.165) is 12.3 Å². The molecular formula is C25H25NS. The lowest BCUT2D eigenvalue weighted by Gasteiger charge is -2.09. The lowest BCUT2D eigenvalue weighted by molar-refractivity contribution is 0.823. The molecule has 0 amide bonds. The molecule has 0 radical (unpaired) electrons. The van der Waals surface area contributed by atoms with E-state index in [4.69, 9.17) is 0 Å². The summed E-state index contributed by atoms with van der Waals surface area (Å²) < 4.78 is 2.40. The SMILES string of the molecule is Cc1ccc(CSc2cn(Cc3cc(C)ccc3C)c3ccccc23)cc1. The first-order valence-corrected chi connectivity index (χ1v) is 10.4. The second-order valence-corrected chi connectivity index (χ2v) is 8.36. The van der Waals surface area contributed by atoms with Crippen molar-refractivity contribution in [3.05, 3.63) is 101 Å². The summed E-state index contributed by atoms with van der Waals surface area (Å²) in [5.41, 5.74) is 8.06. The van der Waals surface area contributed by atoms with Gasteiger partial charge in [-0.15, -0.1) is 11.8 Å². The molecule has 0 N–H and O–H groups in total. The van der Waals surface area contributed by atoms with Crippen LogP contribution < -0.4 is 0 Å². The van der Waals surface area contributed by atoms with Gasteiger partial charge in [0.05, 0.1) is 0 Å². The van der Waals surface area contributed by atoms with Gasteiger partial charge in [-0.25, -0.2) is 0 Å². The molecule has 0 aliphatic carbocycles. The van der Waals surface area contributed by atoms with Crippen LogP contribution in [-0.2, 0) is 12.3 Å². The molecule has 136 valence electrons. The first-order valence-electron chi connectivity index (χ1n) is 9.42. The molecule has 4 rings (SSSR count). The maximum absolute atomic E-state index is 2.40. The third-order valence-corrected chi connectivity index (χ3v) is 6.23. The number of hydrogen-bond acceptors (Lipinski definition) is 1. The van der Waals surface area contributed by atoms with Crippen LogP contribution >= 0.6 is 11.8 Å². The van der Waals surface area contributed by atoms with Crippen LogP contribution in [0.25, 0.3) is 10.9 Å². The van der Waals surface area contributed by atoms with E-state index < -0.39 is 0 Å². The molecule has 2 heteroatoms. The van der Waals surface area contributed by atoms with Gasteiger partial charge in [0.1, 0.15) is 0 Å². The lowest BCUT2D eigenvalue weighted by atomic mass is 10.1. The van der Waals surface area contributed by atoms with Gasteiger partial charge in [0.25, 0.3) is 0 Å². The van der Waals surface area contributed by atoms with Crippen LogP contribution in [0.3, 0.4) is 0 Å². The maximum Gasteiger partial charge on any atom is 0.0495 e. The summed E-state index contributed by atoms with van der Waals surface area (Å²) in [7, 11) is 0. The number of thioether (sulfide) groups is 1. The molecule has 3 aromatic carbocycles. The van der Waals surface area contributed by atoms with E-state index in [9.17, 15) is 0 Å². The lowest BCUT2D eigenvalue weighted by Crippen LogP contribution is -2.00. The monoisotopic (exact) mass is 371 g/mol. The molecule has 0 aliphatic rings. The van der Waals surface area contributed by atoms with Crippen LogP contribution in [-0.4, -0.2) is 4.57 Å². The number of para-hydroxylation sites is 1. The highest BCUT2D eigenvalue weighted by molar-refractivity contribution is 7.98. The number of aromatic nitrogens is 1. The zero-order valence-corrected chi connectivity index (χ0v) is 17.0. The highest BCUT2D eigenvalue weighted by atomic mass is 32.2. The summed E-state index contributed by atoms with van der Waals surface area (Å²) in [5.74, 6) is 0.998. The van der Waals surface area contributed by atoms with Crippen LogP contribution in [0.1, 0.15) is 27.8 Å². The van der Waals surface area contributed by atoms with Crippen molar-refractivity contribution in [2.24, 2.45) is 0 Å². The molecule has 0 fully saturated rings. The minimum Gasteiger partial charge on any atom is -0.342 e. The molecule has 1 heterocycles. The predicted octanol–water partition coefficient (Wildman–Crippen LogP) is 6.91. The topological polar surface area (TPSA) is 4.93 Å². The minimum atomic E-state index is 0.916. The average Bonchev–Trinajstić information content (AvgIpc) is 3.02. The third kappa shape index (κ3) is 3.96. The number of fused-ring (bicyclic) bond motifs is 1. The molecule has 0 unspecified atom stereocenters. The van der Waals surface area contributed by atoms with Crippen molar-refractivity contribution in [2.75, 3.05) is 0 Å². The van der Waals surface area contributed by atoms with Crippen LogP contribution in [0.4, 0.5) is 0 Å². The molecular weight excluding hydrogens is 346 g/mol. The summed E-state index contributed by atoms with van der Waals surface area (Å²) in [5, 5.41) is 1.35. The predicted molar refractivity (Wildman–Crippen MR) is 118 cm³/mol. The molecule has 0 saturated carbocycles. The van der Waals surface area contributed by atoms with Crippen molar-refractivity contribution in [1.29, 1.82) is 0 Å². The fraction of sp³-hybridized carbons (Fsp3) is 0.200. The first kappa shape index (κ1) is 17.9. The Labute approximate surface area is 166 Å². The van der Waals surface area contributed by atoms with Gasteiger partial charge in [-0.3, -0.25) is 0 Å². The van der Waals surface area contributed by atoms with Gasteiger partial charge >= 0.3 is 0 Å². The fourth-order valence-corrected chi connectivity index (χ4v) is 4.50. The Bertz CT molecular complexity index is 1070. The van der Waals surface area contributed by atoms with Gasteiger partial charge in [0.2, 0.25) is 0 Å². The van der Waals surface area contributed by atoms with Gasteiger partial charge in [0, 0.05) is 34.3 Å². The van der Waals surface area contributed by atoms with E-state index >= 15 is 0 Å². The van der Waals surface area contributed by atoms with Crippen LogP contribution in [0.5, 0.6) is 0 Å². The van der Waals surface area contributed by atoms with Crippen molar-refractivity contribution in [3.63, 3.8) is 0 Å². The van der Waals surface area contributed by atoms with Crippen LogP contribution in [0, 0.1) is 20.8 Å². The Hall–Kier alpha value is -2.45. The summed E-state index contributed by atoms with van der Waals surface area (Å²) in [6, 6.07) is 24.3. The van der Waals surface area contributed by atoms with Crippen LogP contribution in [0.15, 0.2) is 77.8 Å². The average molecular weight is 372 g/mol. The molecule has 1 nitrogen and oxygen atoms in total. The Morgan fingerprint density at radius 2 is 1.56 bits per heavy atom. The smallest absolute Gasteiger partial charge is 0.0495 e. The largest absolute Gasteiger partial charge is 0.342 e. The van der Waals surface area contributed by atoms with Crippen molar-refractivity contribution >= 4 is 22.7 Å². The third-order valence-electron chi connectivity index (χ3n) is 5.11. The maximum atomic E-state index is 2.40. The molecule has 1 aromatic heterocycles. The van der Waals surface area contributed by atoms with Crippen molar-refractivity contribution < 1.29 is 0 Å². The Morgan fingerprint density at radius 1 is 0.815 bits per heavy atom. The number of benzene rings is 3. The van der Waals surface area contributed by atoms with Gasteiger partial charge in [-0.2, -0.15) is 0 Å². The quantitative estimate of drug-likeness (QED) is 0.345. The molecule has 0 spiro atoms. The van der Waals surface area contributed by atoms with Gasteiger partial charge in [-0.05, 0) is 43.5 Å². The summed E-state index contributed by atoms with van der Waals surface area (Å²) in [6.07, 6.45) is 2.32. The minimum absolute atomic E-state index is 0.916. The van der Waals surface area contributed by atoms with E-state index in [-0.39, 0.29) is 0 Å². The number of hydrogen-bond donors (Lipinski definition) is 0. The summed E-state index contributed by atoms with van der Waals surface area (Å²) in [4.78, 5) is 1.36. The Morgan fingerprint density at radius 3 is 2.37 bits per heavy atom. The first-order chi connectivity index (χ1) is 13.1. The zero-order chi connectivity index (χ0) is 18.8. The van der Waals surface area contributed by atoms with E-state index in [2.05, 4.69) is 98.3 Å². The van der Waals surface area contributed by atoms with Gasteiger partial charge < -0.3 is 4.57 Å². The molecule has 0 atom stereocenters. The molecule has 4 aromatic rings. The van der Waals surface area contributed by atoms with Gasteiger partial charge in [-0.1, -0.05) is 71.8 Å². The van der Waals surface area contributed by atoms with E-state index in [0.29, 0.717) is 0 Å². The van der Waals surface area contributed by atoms with Crippen molar-refractivity contribution in [2.45, 2.75) is 38.0 Å². The second-order valence-electron chi connectivity index (χ2n) is 7.34. The standard InChI is InChI=1S/C25H25NS/c1-18-9-12-21(13-10-18)17-27-25-16-26(24-7-5-4-6-23(24)25)15-22-14-19(2)8-11-20(22)3/h4-14,16H,15,17H2,1-3H3. The van der Waals surface area contributed by atoms with Crippen molar-refractivity contribution in [1.82, 2.24) is 4.57 Å². The Balaban J connectivity index is 1.64. The summed E-state index contributed by atoms with van der Waals surface area (Å²) >= 11 is 1.93. The Kier molecular flexibility index (Phi) is 5.09. The van der Waals surface area contributed by atoms with Crippen LogP contribution in [0.2, 0.25) is 0 Å². The van der Waals surface area contributed by atoms with E-state index in [1.807, 2.05) is 11.8 Å². The van der Waals surface area contributed by atoms with E-state index in [1.165, 1.54) is 43.6 Å². The van der Waals surface area contributed by atoms with E-state index in [1.54, 1.807) is 0 Å². The molecule has 27 heavy (non-hydrogen) atoms. The number of rotatable bonds is 5.